The molecule has 162 valence electrons. The van der Waals surface area contributed by atoms with Crippen molar-refractivity contribution in [2.75, 3.05) is 7.11 Å². The predicted molar refractivity (Wildman–Crippen MR) is 106 cm³/mol. The number of carbonyl (C=O) groups is 4. The molecule has 0 spiro atoms. The van der Waals surface area contributed by atoms with Crippen LogP contribution < -0.4 is 0 Å². The molecule has 8 heteroatoms. The van der Waals surface area contributed by atoms with Crippen LogP contribution in [0.3, 0.4) is 0 Å². The van der Waals surface area contributed by atoms with E-state index in [0.717, 1.165) is 7.11 Å². The number of fused-ring (bicyclic) bond motifs is 2. The first-order valence-corrected chi connectivity index (χ1v) is 9.95. The zero-order valence-corrected chi connectivity index (χ0v) is 17.0. The molecule has 3 unspecified atom stereocenters. The number of phenols is 1. The lowest BCUT2D eigenvalue weighted by molar-refractivity contribution is -0.158. The van der Waals surface area contributed by atoms with Crippen LogP contribution in [0.25, 0.3) is 0 Å². The number of methoxy groups -OCH3 is 1. The molecular weight excluding hydrogens is 404 g/mol. The van der Waals surface area contributed by atoms with Gasteiger partial charge in [0, 0.05) is 29.0 Å². The van der Waals surface area contributed by atoms with Gasteiger partial charge in [0.2, 0.25) is 0 Å². The zero-order chi connectivity index (χ0) is 22.7. The number of aliphatic hydroxyl groups is 2. The van der Waals surface area contributed by atoms with E-state index in [1.165, 1.54) is 31.2 Å². The van der Waals surface area contributed by atoms with Crippen molar-refractivity contribution in [3.63, 3.8) is 0 Å². The maximum atomic E-state index is 13.1. The number of ketones is 3. The van der Waals surface area contributed by atoms with Gasteiger partial charge < -0.3 is 20.1 Å². The molecule has 1 saturated carbocycles. The molecule has 0 saturated heterocycles. The van der Waals surface area contributed by atoms with E-state index in [2.05, 4.69) is 0 Å². The van der Waals surface area contributed by atoms with Crippen LogP contribution in [0.5, 0.6) is 5.75 Å². The summed E-state index contributed by atoms with van der Waals surface area (Å²) in [5, 5.41) is 32.4. The van der Waals surface area contributed by atoms with Crippen LogP contribution in [0.2, 0.25) is 0 Å². The number of ether oxygens (including phenoxy) is 1. The average Bonchev–Trinajstić information content (AvgIpc) is 2.70. The number of aromatic hydroxyl groups is 1. The predicted octanol–water partition coefficient (Wildman–Crippen LogP) is 1.28. The second-order valence-corrected chi connectivity index (χ2v) is 8.36. The average molecular weight is 426 g/mol. The molecule has 8 nitrogen and oxygen atoms in total. The smallest absolute Gasteiger partial charge is 0.315 e. The second kappa shape index (κ2) is 7.25. The Kier molecular flexibility index (Phi) is 4.94. The van der Waals surface area contributed by atoms with Gasteiger partial charge in [-0.3, -0.25) is 19.2 Å². The fraction of sp³-hybridized carbons (Fsp3) is 0.391. The number of carbonyl (C=O) groups excluding carboxylic acids is 4. The summed E-state index contributed by atoms with van der Waals surface area (Å²) in [6, 6.07) is 4.13. The van der Waals surface area contributed by atoms with Gasteiger partial charge in [-0.2, -0.15) is 0 Å². The van der Waals surface area contributed by atoms with Gasteiger partial charge in [0.25, 0.3) is 0 Å². The highest BCUT2D eigenvalue weighted by atomic mass is 16.5. The van der Waals surface area contributed by atoms with E-state index >= 15 is 0 Å². The normalized spacial score (nSPS) is 29.5. The maximum absolute atomic E-state index is 13.1. The van der Waals surface area contributed by atoms with Crippen molar-refractivity contribution < 1.29 is 39.2 Å². The molecule has 0 heterocycles. The lowest BCUT2D eigenvalue weighted by atomic mass is 9.60. The Morgan fingerprint density at radius 3 is 2.58 bits per heavy atom. The Balaban J connectivity index is 1.90. The molecule has 3 N–H and O–H groups in total. The Bertz CT molecular complexity index is 1090. The van der Waals surface area contributed by atoms with Crippen molar-refractivity contribution in [2.24, 2.45) is 11.8 Å². The van der Waals surface area contributed by atoms with Gasteiger partial charge in [0.1, 0.15) is 17.5 Å². The van der Waals surface area contributed by atoms with Crippen LogP contribution in [0, 0.1) is 11.8 Å². The molecule has 3 aliphatic rings. The van der Waals surface area contributed by atoms with E-state index in [4.69, 9.17) is 4.74 Å². The van der Waals surface area contributed by atoms with Crippen LogP contribution in [0.15, 0.2) is 41.0 Å². The Labute approximate surface area is 177 Å². The third kappa shape index (κ3) is 3.05. The van der Waals surface area contributed by atoms with Crippen molar-refractivity contribution in [3.05, 3.63) is 52.1 Å². The highest BCUT2D eigenvalue weighted by Gasteiger charge is 2.54. The Morgan fingerprint density at radius 2 is 1.94 bits per heavy atom. The van der Waals surface area contributed by atoms with Gasteiger partial charge in [-0.1, -0.05) is 12.1 Å². The molecule has 3 aliphatic carbocycles. The van der Waals surface area contributed by atoms with Crippen LogP contribution in [0.1, 0.15) is 46.9 Å². The number of benzene rings is 1. The lowest BCUT2D eigenvalue weighted by Gasteiger charge is -2.46. The van der Waals surface area contributed by atoms with Crippen molar-refractivity contribution in [1.82, 2.24) is 0 Å². The standard InChI is InChI=1S/C23H22O8/c1-10(24)9-23(30)7-6-11-13(18(23)22(29)31-2)8-14-17(20(11)27)21(28)16-12(19(14)26)4-3-5-15(16)25/h3-5,8,11,18,20,25,27,30H,6-7,9H2,1-2H3/t11?,18?,20?,23-/m1/s1. The number of Topliss-reactive ketones (excluding diaryl/α,β-unsaturated/α-hetero) is 3. The molecule has 0 aromatic heterocycles. The van der Waals surface area contributed by atoms with Crippen LogP contribution >= 0.6 is 0 Å². The third-order valence-corrected chi connectivity index (χ3v) is 6.46. The molecule has 1 fully saturated rings. The maximum Gasteiger partial charge on any atom is 0.315 e. The first-order chi connectivity index (χ1) is 14.6. The lowest BCUT2D eigenvalue weighted by Crippen LogP contribution is -2.53. The first kappa shape index (κ1) is 21.1. The largest absolute Gasteiger partial charge is 0.507 e. The number of hydrogen-bond acceptors (Lipinski definition) is 8. The molecule has 0 amide bonds. The van der Waals surface area contributed by atoms with Crippen LogP contribution in [-0.4, -0.2) is 57.5 Å². The van der Waals surface area contributed by atoms with E-state index in [1.807, 2.05) is 0 Å². The topological polar surface area (TPSA) is 138 Å². The molecule has 4 rings (SSSR count). The number of rotatable bonds is 3. The fourth-order valence-corrected chi connectivity index (χ4v) is 5.16. The summed E-state index contributed by atoms with van der Waals surface area (Å²) in [5.74, 6) is -4.67. The molecule has 0 aliphatic heterocycles. The van der Waals surface area contributed by atoms with E-state index in [1.54, 1.807) is 0 Å². The number of phenolic OH excluding ortho intramolecular Hbond substituents is 1. The minimum absolute atomic E-state index is 0.00400. The summed E-state index contributed by atoms with van der Waals surface area (Å²) in [5.41, 5.74) is -1.84. The Hall–Kier alpha value is -3.10. The van der Waals surface area contributed by atoms with Crippen molar-refractivity contribution >= 4 is 23.3 Å². The van der Waals surface area contributed by atoms with E-state index < -0.39 is 41.1 Å². The summed E-state index contributed by atoms with van der Waals surface area (Å²) in [4.78, 5) is 50.7. The van der Waals surface area contributed by atoms with E-state index in [-0.39, 0.29) is 58.6 Å². The Morgan fingerprint density at radius 1 is 1.23 bits per heavy atom. The van der Waals surface area contributed by atoms with Crippen molar-refractivity contribution in [1.29, 1.82) is 0 Å². The highest BCUT2D eigenvalue weighted by Crippen LogP contribution is 2.50. The van der Waals surface area contributed by atoms with Gasteiger partial charge in [-0.25, -0.2) is 0 Å². The van der Waals surface area contributed by atoms with Gasteiger partial charge >= 0.3 is 5.97 Å². The summed E-state index contributed by atoms with van der Waals surface area (Å²) >= 11 is 0. The van der Waals surface area contributed by atoms with E-state index in [0.29, 0.717) is 0 Å². The monoisotopic (exact) mass is 426 g/mol. The minimum Gasteiger partial charge on any atom is -0.507 e. The van der Waals surface area contributed by atoms with Gasteiger partial charge in [-0.15, -0.1) is 0 Å². The van der Waals surface area contributed by atoms with Gasteiger partial charge in [-0.05, 0) is 37.5 Å². The molecule has 1 aromatic carbocycles. The van der Waals surface area contributed by atoms with Crippen molar-refractivity contribution in [2.45, 2.75) is 37.9 Å². The summed E-state index contributed by atoms with van der Waals surface area (Å²) in [6.45, 7) is 1.30. The molecule has 31 heavy (non-hydrogen) atoms. The van der Waals surface area contributed by atoms with Crippen LogP contribution in [-0.2, 0) is 14.3 Å². The van der Waals surface area contributed by atoms with Crippen LogP contribution in [0.4, 0.5) is 0 Å². The molecule has 4 atom stereocenters. The van der Waals surface area contributed by atoms with Crippen molar-refractivity contribution in [3.8, 4) is 5.75 Å². The molecule has 0 bridgehead atoms. The van der Waals surface area contributed by atoms with E-state index in [9.17, 15) is 34.5 Å². The highest BCUT2D eigenvalue weighted by molar-refractivity contribution is 6.29. The molecule has 1 aromatic rings. The number of aliphatic hydroxyl groups excluding tert-OH is 1. The minimum atomic E-state index is -1.73. The quantitative estimate of drug-likeness (QED) is 0.615. The second-order valence-electron chi connectivity index (χ2n) is 8.36. The molecular formula is C23H22O8. The number of allylic oxidation sites excluding steroid dienone is 2. The fourth-order valence-electron chi connectivity index (χ4n) is 5.16. The van der Waals surface area contributed by atoms with Gasteiger partial charge in [0.05, 0.1) is 24.4 Å². The third-order valence-electron chi connectivity index (χ3n) is 6.46. The summed E-state index contributed by atoms with van der Waals surface area (Å²) in [6.07, 6.45) is -0.115. The number of esters is 1. The summed E-state index contributed by atoms with van der Waals surface area (Å²) < 4.78 is 4.87. The zero-order valence-electron chi connectivity index (χ0n) is 17.0. The number of hydrogen-bond donors (Lipinski definition) is 3. The first-order valence-electron chi connectivity index (χ1n) is 9.95. The van der Waals surface area contributed by atoms with Gasteiger partial charge in [0.15, 0.2) is 11.6 Å². The molecule has 0 radical (unpaired) electrons. The SMILES string of the molecule is COC(=O)C1C2=CC3=C(C(=O)c4c(O)cccc4C3=O)C(O)C2CC[C@@]1(O)CC(C)=O. The summed E-state index contributed by atoms with van der Waals surface area (Å²) in [7, 11) is 1.15.